The molecule has 0 aromatic carbocycles. The van der Waals surface area contributed by atoms with Crippen molar-refractivity contribution in [3.05, 3.63) is 0 Å². The molecule has 0 heterocycles. The highest BCUT2D eigenvalue weighted by atomic mass is 16.7. The number of rotatable bonds is 45. The fraction of sp³-hybridized carbons (Fsp3) is 0.773. The molecular weight excluding hydrogens is 986 g/mol. The number of hydrogen-bond acceptors (Lipinski definition) is 25. The molecule has 0 aromatic rings. The molecule has 0 aliphatic heterocycles. The van der Waals surface area contributed by atoms with Gasteiger partial charge in [-0.1, -0.05) is 0 Å². The number of carbonyl (C=O) groups excluding carboxylic acids is 6. The van der Waals surface area contributed by atoms with Gasteiger partial charge in [-0.2, -0.15) is 0 Å². The molecule has 4 N–H and O–H groups in total. The van der Waals surface area contributed by atoms with E-state index in [1.54, 1.807) is 6.92 Å². The van der Waals surface area contributed by atoms with Crippen molar-refractivity contribution in [3.8, 4) is 0 Å². The van der Waals surface area contributed by atoms with Gasteiger partial charge in [0.25, 0.3) is 0 Å². The van der Waals surface area contributed by atoms with Crippen molar-refractivity contribution in [3.63, 3.8) is 0 Å². The van der Waals surface area contributed by atoms with Gasteiger partial charge in [0.1, 0.15) is 26.4 Å². The van der Waals surface area contributed by atoms with E-state index in [1.807, 2.05) is 6.92 Å². The molecule has 0 fully saturated rings. The van der Waals surface area contributed by atoms with Crippen molar-refractivity contribution in [1.82, 2.24) is 14.7 Å². The highest BCUT2D eigenvalue weighted by Crippen LogP contribution is 2.23. The van der Waals surface area contributed by atoms with Gasteiger partial charge in [-0.3, -0.25) is 57.9 Å². The molecule has 29 heteroatoms. The molecule has 29 nitrogen and oxygen atoms in total. The zero-order chi connectivity index (χ0) is 55.3. The largest absolute Gasteiger partial charge is 0.508 e. The van der Waals surface area contributed by atoms with Crippen LogP contribution in [0.5, 0.6) is 0 Å². The molecule has 0 saturated carbocycles. The van der Waals surface area contributed by atoms with Crippen molar-refractivity contribution < 1.29 is 125 Å². The normalized spacial score (nSPS) is 11.0. The highest BCUT2D eigenvalue weighted by molar-refractivity contribution is 5.79. The van der Waals surface area contributed by atoms with Crippen LogP contribution in [0.3, 0.4) is 0 Å². The van der Waals surface area contributed by atoms with E-state index in [4.69, 9.17) is 72.5 Å². The smallest absolute Gasteiger partial charge is 0.480 e. The lowest BCUT2D eigenvalue weighted by molar-refractivity contribution is -0.179. The monoisotopic (exact) mass is 1060 g/mol. The summed E-state index contributed by atoms with van der Waals surface area (Å²) < 4.78 is 61.1. The zero-order valence-corrected chi connectivity index (χ0v) is 42.4. The third kappa shape index (κ3) is 44.6. The number of carboxylic acids is 4. The third-order valence-electron chi connectivity index (χ3n) is 8.78. The molecule has 0 saturated heterocycles. The lowest BCUT2D eigenvalue weighted by atomic mass is 9.91. The van der Waals surface area contributed by atoms with Crippen LogP contribution in [0.4, 0.5) is 4.79 Å². The van der Waals surface area contributed by atoms with Crippen LogP contribution in [0, 0.1) is 5.41 Å². The Kier molecular flexibility index (Phi) is 42.5. The standard InChI is InChI=1S/C23H40O13.C21H35N3O13/c1-5-28-6-7-29-8-9-30-10-11-31-12-13-32-14-15-33-22(27)23(16-34-19(2)24,17-35-20(3)25)18-36-21(4)26;1-2-35-21(34)37-10-4-3-9-36-20(33)15-22(5-7-23(11-16(25)26)12-17(27)28)6-8-24(13-18(29)30)14-19(31)32/h5-18H2,1-4H3;2-15H2,1H3,(H,25,26)(H,27,28)(H,29,30)(H,31,32). The van der Waals surface area contributed by atoms with Crippen LogP contribution >= 0.6 is 0 Å². The first-order valence-corrected chi connectivity index (χ1v) is 23.1. The number of hydrogen-bond donors (Lipinski definition) is 4. The molecular formula is C44H75N3O26. The van der Waals surface area contributed by atoms with E-state index in [-0.39, 0.29) is 72.4 Å². The van der Waals surface area contributed by atoms with Crippen LogP contribution in [0.15, 0.2) is 0 Å². The summed E-state index contributed by atoms with van der Waals surface area (Å²) >= 11 is 0. The van der Waals surface area contributed by atoms with E-state index in [2.05, 4.69) is 4.74 Å². The van der Waals surface area contributed by atoms with Crippen LogP contribution < -0.4 is 0 Å². The molecule has 422 valence electrons. The number of aliphatic carboxylic acids is 4. The maximum absolute atomic E-state index is 12.7. The van der Waals surface area contributed by atoms with Gasteiger partial charge in [0.2, 0.25) is 0 Å². The summed E-state index contributed by atoms with van der Waals surface area (Å²) in [6.45, 7) is 7.27. The fourth-order valence-corrected chi connectivity index (χ4v) is 5.35. The van der Waals surface area contributed by atoms with Gasteiger partial charge >= 0.3 is 59.9 Å². The summed E-state index contributed by atoms with van der Waals surface area (Å²) in [7, 11) is 0. The Morgan fingerprint density at radius 2 is 0.712 bits per heavy atom. The minimum absolute atomic E-state index is 0.0210. The van der Waals surface area contributed by atoms with Crippen LogP contribution in [0.25, 0.3) is 0 Å². The van der Waals surface area contributed by atoms with Gasteiger partial charge in [-0.05, 0) is 26.7 Å². The minimum Gasteiger partial charge on any atom is -0.480 e. The van der Waals surface area contributed by atoms with Gasteiger partial charge in [-0.25, -0.2) is 4.79 Å². The number of ether oxygens (including phenoxy) is 12. The first-order chi connectivity index (χ1) is 34.7. The quantitative estimate of drug-likeness (QED) is 0.0324. The zero-order valence-electron chi connectivity index (χ0n) is 42.4. The number of nitrogens with zero attached hydrogens (tertiary/aromatic N) is 3. The topological polar surface area (TPSA) is 372 Å². The lowest BCUT2D eigenvalue weighted by Gasteiger charge is -2.29. The van der Waals surface area contributed by atoms with E-state index in [0.717, 1.165) is 30.6 Å². The maximum atomic E-state index is 12.7. The van der Waals surface area contributed by atoms with E-state index in [9.17, 15) is 47.9 Å². The first-order valence-electron chi connectivity index (χ1n) is 23.1. The lowest BCUT2D eigenvalue weighted by Crippen LogP contribution is -2.47. The molecule has 0 radical (unpaired) electrons. The van der Waals surface area contributed by atoms with Gasteiger partial charge in [0, 0.05) is 53.6 Å². The number of carbonyl (C=O) groups is 10. The summed E-state index contributed by atoms with van der Waals surface area (Å²) in [5.41, 5.74) is -1.71. The molecule has 0 spiro atoms. The predicted octanol–water partition coefficient (Wildman–Crippen LogP) is -0.965. The number of esters is 5. The molecule has 73 heavy (non-hydrogen) atoms. The molecule has 0 amide bonds. The Bertz CT molecular complexity index is 1500. The highest BCUT2D eigenvalue weighted by Gasteiger charge is 2.45. The van der Waals surface area contributed by atoms with Crippen molar-refractivity contribution in [2.24, 2.45) is 5.41 Å². The summed E-state index contributed by atoms with van der Waals surface area (Å²) in [6.07, 6.45) is 0.00475. The van der Waals surface area contributed by atoms with Crippen molar-refractivity contribution in [2.45, 2.75) is 47.5 Å². The first kappa shape index (κ1) is 69.3. The van der Waals surface area contributed by atoms with Gasteiger partial charge in [0.05, 0.1) is 112 Å². The average Bonchev–Trinajstić information content (AvgIpc) is 3.29. The predicted molar refractivity (Wildman–Crippen MR) is 246 cm³/mol. The summed E-state index contributed by atoms with van der Waals surface area (Å²) in [5, 5.41) is 36.0. The van der Waals surface area contributed by atoms with Crippen molar-refractivity contribution in [2.75, 3.05) is 171 Å². The van der Waals surface area contributed by atoms with E-state index in [1.165, 1.54) is 4.90 Å². The van der Waals surface area contributed by atoms with Crippen molar-refractivity contribution in [1.29, 1.82) is 0 Å². The number of carboxylic acid groups (broad SMARTS) is 4. The fourth-order valence-electron chi connectivity index (χ4n) is 5.35. The van der Waals surface area contributed by atoms with E-state index < -0.39 is 111 Å². The van der Waals surface area contributed by atoms with Crippen LogP contribution in [-0.2, 0) is 100.0 Å². The van der Waals surface area contributed by atoms with Crippen LogP contribution in [-0.4, -0.2) is 266 Å². The number of unbranched alkanes of at least 4 members (excludes halogenated alkanes) is 1. The van der Waals surface area contributed by atoms with Gasteiger partial charge in [-0.15, -0.1) is 0 Å². The molecule has 0 rings (SSSR count). The molecule has 0 aromatic heterocycles. The summed E-state index contributed by atoms with van der Waals surface area (Å²) in [5.74, 6) is -8.50. The summed E-state index contributed by atoms with van der Waals surface area (Å²) in [6, 6.07) is 0. The molecule has 0 aliphatic rings. The van der Waals surface area contributed by atoms with E-state index in [0.29, 0.717) is 65.7 Å². The Morgan fingerprint density at radius 3 is 1.05 bits per heavy atom. The summed E-state index contributed by atoms with van der Waals surface area (Å²) in [4.78, 5) is 118. The minimum atomic E-state index is -1.71. The average molecular weight is 1060 g/mol. The maximum Gasteiger partial charge on any atom is 0.508 e. The van der Waals surface area contributed by atoms with Gasteiger partial charge in [0.15, 0.2) is 5.41 Å². The van der Waals surface area contributed by atoms with Crippen molar-refractivity contribution >= 4 is 59.9 Å². The molecule has 0 aliphatic carbocycles. The molecule has 0 unspecified atom stereocenters. The second-order valence-electron chi connectivity index (χ2n) is 15.1. The van der Waals surface area contributed by atoms with Crippen LogP contribution in [0.1, 0.15) is 47.5 Å². The second kappa shape index (κ2) is 44.8. The second-order valence-corrected chi connectivity index (χ2v) is 15.1. The third-order valence-corrected chi connectivity index (χ3v) is 8.78. The molecule has 0 bridgehead atoms. The molecule has 0 atom stereocenters. The van der Waals surface area contributed by atoms with Gasteiger partial charge < -0.3 is 77.3 Å². The Balaban J connectivity index is 0. The Hall–Kier alpha value is -5.82. The Morgan fingerprint density at radius 1 is 0.370 bits per heavy atom. The van der Waals surface area contributed by atoms with E-state index >= 15 is 0 Å². The Labute approximate surface area is 423 Å². The van der Waals surface area contributed by atoms with Crippen LogP contribution in [0.2, 0.25) is 0 Å². The SMILES string of the molecule is CCOC(=O)OCCCCOC(=O)CN(CCN(CC(=O)O)CC(=O)O)CCN(CC(=O)O)CC(=O)O.CCOCCOCCOCCOCCOCCOC(=O)C(COC(C)=O)(COC(C)=O)COC(C)=O.